The van der Waals surface area contributed by atoms with Crippen molar-refractivity contribution in [1.82, 2.24) is 25.5 Å². The van der Waals surface area contributed by atoms with Gasteiger partial charge < -0.3 is 10.6 Å². The predicted octanol–water partition coefficient (Wildman–Crippen LogP) is 2.35. The van der Waals surface area contributed by atoms with E-state index in [1.165, 1.54) is 4.57 Å². The highest BCUT2D eigenvalue weighted by atomic mass is 16.2. The molecule has 2 fully saturated rings. The summed E-state index contributed by atoms with van der Waals surface area (Å²) in [5.41, 5.74) is 2.11. The van der Waals surface area contributed by atoms with Crippen molar-refractivity contribution in [1.29, 1.82) is 0 Å². The minimum absolute atomic E-state index is 0.133. The number of carbonyl (C=O) groups is 6. The third kappa shape index (κ3) is 7.32. The van der Waals surface area contributed by atoms with E-state index in [2.05, 4.69) is 31.2 Å². The number of fused-ring (bicyclic) bond motifs is 1. The second kappa shape index (κ2) is 14.3. The summed E-state index contributed by atoms with van der Waals surface area (Å²) in [6, 6.07) is 9.56. The number of hydrogen-bond donors (Lipinski definition) is 4. The molecule has 244 valence electrons. The van der Waals surface area contributed by atoms with Gasteiger partial charge in [-0.25, -0.2) is 9.98 Å². The number of piperidine rings is 2. The van der Waals surface area contributed by atoms with Crippen molar-refractivity contribution in [3.8, 4) is 0 Å². The molecule has 0 spiro atoms. The van der Waals surface area contributed by atoms with E-state index in [4.69, 9.17) is 0 Å². The lowest BCUT2D eigenvalue weighted by Gasteiger charge is -2.25. The van der Waals surface area contributed by atoms with Gasteiger partial charge in [-0.3, -0.25) is 48.8 Å². The first-order valence-electron chi connectivity index (χ1n) is 15.4. The largest absolute Gasteiger partial charge is 0.326 e. The van der Waals surface area contributed by atoms with Crippen LogP contribution in [0, 0.1) is 6.92 Å². The van der Waals surface area contributed by atoms with Crippen molar-refractivity contribution in [3.63, 3.8) is 0 Å². The molecule has 2 aliphatic heterocycles. The summed E-state index contributed by atoms with van der Waals surface area (Å²) in [5.74, 6) is -2.11. The molecule has 1 aromatic heterocycles. The zero-order valence-corrected chi connectivity index (χ0v) is 26.1. The summed E-state index contributed by atoms with van der Waals surface area (Å²) in [4.78, 5) is 95.5. The summed E-state index contributed by atoms with van der Waals surface area (Å²) in [5, 5.41) is 10.4. The molecule has 5 rings (SSSR count). The van der Waals surface area contributed by atoms with Crippen molar-refractivity contribution >= 4 is 64.1 Å². The number of amides is 6. The Balaban J connectivity index is 1.30. The number of aryl methyl sites for hydroxylation is 2. The molecule has 14 heteroatoms. The first kappa shape index (κ1) is 32.9. The Morgan fingerprint density at radius 2 is 1.72 bits per heavy atom. The fourth-order valence-corrected chi connectivity index (χ4v) is 6.13. The number of unbranched alkanes of at least 4 members (excludes halogenated alkanes) is 1. The van der Waals surface area contributed by atoms with Gasteiger partial charge in [0, 0.05) is 30.5 Å². The van der Waals surface area contributed by atoms with E-state index in [1.807, 2.05) is 12.1 Å². The van der Waals surface area contributed by atoms with Crippen LogP contribution in [0.1, 0.15) is 80.8 Å². The Bertz CT molecular complexity index is 1880. The van der Waals surface area contributed by atoms with Crippen molar-refractivity contribution in [2.75, 3.05) is 5.32 Å². The third-order valence-corrected chi connectivity index (χ3v) is 8.31. The average Bonchev–Trinajstić information content (AvgIpc) is 3.01. The van der Waals surface area contributed by atoms with Gasteiger partial charge >= 0.3 is 0 Å². The summed E-state index contributed by atoms with van der Waals surface area (Å²) in [7, 11) is 0. The predicted molar refractivity (Wildman–Crippen MR) is 172 cm³/mol. The number of carbonyl (C=O) groups excluding carboxylic acids is 6. The van der Waals surface area contributed by atoms with Gasteiger partial charge in [0.2, 0.25) is 35.9 Å². The molecule has 2 aromatic carbocycles. The van der Waals surface area contributed by atoms with Crippen LogP contribution in [-0.2, 0) is 35.2 Å². The number of nitrogens with one attached hydrogen (secondary N) is 4. The molecule has 3 aromatic rings. The Labute approximate surface area is 269 Å². The monoisotopic (exact) mass is 641 g/mol. The second-order valence-electron chi connectivity index (χ2n) is 11.6. The van der Waals surface area contributed by atoms with Gasteiger partial charge in [0.05, 0.1) is 22.5 Å². The molecule has 4 N–H and O–H groups in total. The minimum Gasteiger partial charge on any atom is -0.326 e. The maximum atomic E-state index is 13.7. The zero-order valence-electron chi connectivity index (χ0n) is 26.1. The lowest BCUT2D eigenvalue weighted by atomic mass is 9.88. The topological polar surface area (TPSA) is 198 Å². The van der Waals surface area contributed by atoms with Gasteiger partial charge in [-0.05, 0) is 69.7 Å². The van der Waals surface area contributed by atoms with E-state index < -0.39 is 23.8 Å². The molecular weight excluding hydrogens is 606 g/mol. The van der Waals surface area contributed by atoms with Crippen molar-refractivity contribution < 1.29 is 28.8 Å². The molecule has 6 amide bonds. The molecule has 3 heterocycles. The molecule has 0 bridgehead atoms. The molecule has 47 heavy (non-hydrogen) atoms. The maximum Gasteiger partial charge on any atom is 0.262 e. The molecule has 2 unspecified atom stereocenters. The highest BCUT2D eigenvalue weighted by Crippen LogP contribution is 2.38. The van der Waals surface area contributed by atoms with Gasteiger partial charge in [0.15, 0.2) is 0 Å². The van der Waals surface area contributed by atoms with Gasteiger partial charge in [0.25, 0.3) is 5.56 Å². The molecule has 2 saturated heterocycles. The Hall–Kier alpha value is -5.53. The third-order valence-electron chi connectivity index (χ3n) is 8.31. The van der Waals surface area contributed by atoms with Crippen molar-refractivity contribution in [3.05, 3.63) is 63.7 Å². The number of rotatable bonds is 10. The summed E-state index contributed by atoms with van der Waals surface area (Å²) < 4.78 is 1.36. The first-order valence-corrected chi connectivity index (χ1v) is 15.4. The van der Waals surface area contributed by atoms with Crippen LogP contribution in [0.5, 0.6) is 0 Å². The standard InChI is InChI=1S/C33H35N7O7/c1-18(34-17-41)35-23-10-6-11-24(30(23)21-13-15-27(43)38-31(21)45)37-26(42)12-4-3-7-20-8-5-9-22-29(20)33(47)40(19(2)36-22)25-14-16-28(44)39-32(25)46/h5-6,8-11,17,21,25H,3-4,7,12-16H2,1-2H3,(H,37,42)(H,34,35,41)(H,38,43,45)(H,39,44,46). The molecule has 14 nitrogen and oxygen atoms in total. The SMILES string of the molecule is CC(=Nc1cccc(NC(=O)CCCCc2cccc3nc(C)n(C4CCC(=O)NC4=O)c(=O)c23)c1C1CCC(=O)NC1=O)NC=O. The van der Waals surface area contributed by atoms with E-state index in [0.29, 0.717) is 65.2 Å². The van der Waals surface area contributed by atoms with E-state index >= 15 is 0 Å². The number of benzene rings is 2. The highest BCUT2D eigenvalue weighted by molar-refractivity contribution is 6.04. The molecule has 2 atom stereocenters. The van der Waals surface area contributed by atoms with Crippen LogP contribution >= 0.6 is 0 Å². The summed E-state index contributed by atoms with van der Waals surface area (Å²) >= 11 is 0. The molecule has 0 radical (unpaired) electrons. The minimum atomic E-state index is -0.826. The molecule has 0 aliphatic carbocycles. The van der Waals surface area contributed by atoms with Crippen LogP contribution in [0.3, 0.4) is 0 Å². The number of aromatic nitrogens is 2. The van der Waals surface area contributed by atoms with Crippen LogP contribution < -0.4 is 26.8 Å². The fourth-order valence-electron chi connectivity index (χ4n) is 6.13. The van der Waals surface area contributed by atoms with E-state index in [-0.39, 0.29) is 55.4 Å². The van der Waals surface area contributed by atoms with Crippen LogP contribution in [0.2, 0.25) is 0 Å². The molecule has 2 aliphatic rings. The number of hydrogen-bond acceptors (Lipinski definition) is 9. The number of anilines is 1. The van der Waals surface area contributed by atoms with Gasteiger partial charge in [0.1, 0.15) is 17.7 Å². The Morgan fingerprint density at radius 3 is 2.45 bits per heavy atom. The average molecular weight is 642 g/mol. The van der Waals surface area contributed by atoms with Crippen LogP contribution in [0.4, 0.5) is 11.4 Å². The number of amidine groups is 1. The number of aliphatic imine (C=N–C) groups is 1. The van der Waals surface area contributed by atoms with Gasteiger partial charge in [-0.2, -0.15) is 0 Å². The highest BCUT2D eigenvalue weighted by Gasteiger charge is 2.33. The van der Waals surface area contributed by atoms with Crippen molar-refractivity contribution in [2.24, 2.45) is 4.99 Å². The maximum absolute atomic E-state index is 13.7. The van der Waals surface area contributed by atoms with Gasteiger partial charge in [-0.1, -0.05) is 18.2 Å². The summed E-state index contributed by atoms with van der Waals surface area (Å²) in [6.07, 6.45) is 2.89. The van der Waals surface area contributed by atoms with Crippen LogP contribution in [0.15, 0.2) is 46.2 Å². The van der Waals surface area contributed by atoms with Crippen molar-refractivity contribution in [2.45, 2.75) is 77.2 Å². The number of imide groups is 2. The smallest absolute Gasteiger partial charge is 0.262 e. The van der Waals surface area contributed by atoms with E-state index in [9.17, 15) is 33.6 Å². The Morgan fingerprint density at radius 1 is 1.00 bits per heavy atom. The van der Waals surface area contributed by atoms with Crippen LogP contribution in [-0.4, -0.2) is 51.3 Å². The summed E-state index contributed by atoms with van der Waals surface area (Å²) in [6.45, 7) is 3.25. The van der Waals surface area contributed by atoms with E-state index in [1.54, 1.807) is 38.1 Å². The van der Waals surface area contributed by atoms with Crippen LogP contribution in [0.25, 0.3) is 10.9 Å². The lowest BCUT2D eigenvalue weighted by molar-refractivity contribution is -0.136. The van der Waals surface area contributed by atoms with Gasteiger partial charge in [-0.15, -0.1) is 0 Å². The molecular formula is C33H35N7O7. The zero-order chi connectivity index (χ0) is 33.7. The van der Waals surface area contributed by atoms with E-state index in [0.717, 1.165) is 5.56 Å². The Kier molecular flexibility index (Phi) is 9.97. The quantitative estimate of drug-likeness (QED) is 0.0850. The lowest BCUT2D eigenvalue weighted by Crippen LogP contribution is -2.45. The normalized spacial score (nSPS) is 18.5. The molecule has 0 saturated carbocycles. The second-order valence-corrected chi connectivity index (χ2v) is 11.6. The fraction of sp³-hybridized carbons (Fsp3) is 0.364. The first-order chi connectivity index (χ1) is 22.6. The number of nitrogens with zero attached hydrogens (tertiary/aromatic N) is 3.